The van der Waals surface area contributed by atoms with Crippen LogP contribution in [-0.4, -0.2) is 27.1 Å². The lowest BCUT2D eigenvalue weighted by Crippen LogP contribution is -2.26. The number of ether oxygens (including phenoxy) is 1. The van der Waals surface area contributed by atoms with Crippen LogP contribution in [0.1, 0.15) is 12.5 Å². The monoisotopic (exact) mass is 284 g/mol. The summed E-state index contributed by atoms with van der Waals surface area (Å²) in [4.78, 5) is 11.4. The molecule has 104 valence electrons. The van der Waals surface area contributed by atoms with E-state index < -0.39 is 22.2 Å². The highest BCUT2D eigenvalue weighted by atomic mass is 32.2. The van der Waals surface area contributed by atoms with Crippen molar-refractivity contribution in [2.75, 3.05) is 6.61 Å². The smallest absolute Gasteiger partial charge is 0.336 e. The second-order valence-electron chi connectivity index (χ2n) is 3.92. The van der Waals surface area contributed by atoms with Gasteiger partial charge in [0.05, 0.1) is 4.90 Å². The van der Waals surface area contributed by atoms with Crippen LogP contribution in [0, 0.1) is 6.92 Å². The third kappa shape index (κ3) is 4.50. The van der Waals surface area contributed by atoms with E-state index in [-0.39, 0.29) is 11.5 Å². The molecular formula is C13H16O5S. The van der Waals surface area contributed by atoms with Crippen LogP contribution in [0.2, 0.25) is 0 Å². The van der Waals surface area contributed by atoms with Crippen LogP contribution in [-0.2, 0) is 23.8 Å². The van der Waals surface area contributed by atoms with Gasteiger partial charge in [0, 0.05) is 0 Å². The minimum absolute atomic E-state index is 0.00136. The van der Waals surface area contributed by atoms with Crippen LogP contribution >= 0.6 is 0 Å². The molecule has 6 heteroatoms. The summed E-state index contributed by atoms with van der Waals surface area (Å²) >= 11 is 0. The molecule has 0 unspecified atom stereocenters. The highest BCUT2D eigenvalue weighted by Gasteiger charge is 2.24. The van der Waals surface area contributed by atoms with Crippen LogP contribution in [0.15, 0.2) is 41.8 Å². The lowest BCUT2D eigenvalue weighted by atomic mass is 10.2. The Morgan fingerprint density at radius 1 is 1.37 bits per heavy atom. The van der Waals surface area contributed by atoms with Crippen LogP contribution in [0.5, 0.6) is 0 Å². The fourth-order valence-electron chi connectivity index (χ4n) is 1.25. The number of esters is 1. The van der Waals surface area contributed by atoms with E-state index in [1.54, 1.807) is 12.1 Å². The number of carbonyl (C=O) groups is 1. The molecule has 0 spiro atoms. The second kappa shape index (κ2) is 6.49. The van der Waals surface area contributed by atoms with Crippen LogP contribution in [0.4, 0.5) is 0 Å². The maximum atomic E-state index is 11.9. The molecule has 0 heterocycles. The molecule has 1 rings (SSSR count). The molecule has 19 heavy (non-hydrogen) atoms. The first-order chi connectivity index (χ1) is 8.86. The van der Waals surface area contributed by atoms with E-state index in [1.807, 2.05) is 6.92 Å². The minimum atomic E-state index is -3.97. The predicted molar refractivity (Wildman–Crippen MR) is 70.1 cm³/mol. The molecule has 5 nitrogen and oxygen atoms in total. The van der Waals surface area contributed by atoms with Crippen molar-refractivity contribution in [3.8, 4) is 0 Å². The topological polar surface area (TPSA) is 69.7 Å². The molecule has 1 aromatic carbocycles. The van der Waals surface area contributed by atoms with E-state index >= 15 is 0 Å². The normalized spacial score (nSPS) is 12.7. The van der Waals surface area contributed by atoms with Gasteiger partial charge in [0.25, 0.3) is 10.1 Å². The zero-order valence-corrected chi connectivity index (χ0v) is 11.6. The first-order valence-electron chi connectivity index (χ1n) is 5.64. The number of hydrogen-bond acceptors (Lipinski definition) is 5. The molecule has 0 saturated carbocycles. The molecule has 0 N–H and O–H groups in total. The van der Waals surface area contributed by atoms with Crippen LogP contribution < -0.4 is 0 Å². The maximum absolute atomic E-state index is 11.9. The number of hydrogen-bond donors (Lipinski definition) is 0. The Hall–Kier alpha value is -1.66. The maximum Gasteiger partial charge on any atom is 0.336 e. The van der Waals surface area contributed by atoms with Crippen molar-refractivity contribution in [2.24, 2.45) is 0 Å². The van der Waals surface area contributed by atoms with Gasteiger partial charge in [-0.1, -0.05) is 30.4 Å². The van der Waals surface area contributed by atoms with Crippen LogP contribution in [0.25, 0.3) is 0 Å². The van der Waals surface area contributed by atoms with E-state index in [0.29, 0.717) is 0 Å². The Kier molecular flexibility index (Phi) is 5.26. The van der Waals surface area contributed by atoms with Gasteiger partial charge in [-0.2, -0.15) is 8.42 Å². The Morgan fingerprint density at radius 3 is 2.47 bits per heavy atom. The zero-order chi connectivity index (χ0) is 14.5. The fourth-order valence-corrected chi connectivity index (χ4v) is 2.29. The molecule has 0 fully saturated rings. The van der Waals surface area contributed by atoms with Crippen molar-refractivity contribution < 1.29 is 22.1 Å². The van der Waals surface area contributed by atoms with E-state index in [1.165, 1.54) is 25.1 Å². The molecule has 1 aromatic rings. The largest absolute Gasteiger partial charge is 0.460 e. The Balaban J connectivity index is 2.76. The highest BCUT2D eigenvalue weighted by molar-refractivity contribution is 7.86. The molecular weight excluding hydrogens is 268 g/mol. The first-order valence-corrected chi connectivity index (χ1v) is 7.05. The van der Waals surface area contributed by atoms with Crippen molar-refractivity contribution in [1.29, 1.82) is 0 Å². The van der Waals surface area contributed by atoms with Crippen molar-refractivity contribution >= 4 is 16.1 Å². The summed E-state index contributed by atoms with van der Waals surface area (Å²) in [6.07, 6.45) is 0.185. The predicted octanol–water partition coefficient (Wildman–Crippen LogP) is 1.82. The lowest BCUT2D eigenvalue weighted by molar-refractivity contribution is -0.149. The lowest BCUT2D eigenvalue weighted by Gasteiger charge is -2.12. The zero-order valence-electron chi connectivity index (χ0n) is 10.8. The quantitative estimate of drug-likeness (QED) is 0.453. The third-order valence-electron chi connectivity index (χ3n) is 2.26. The van der Waals surface area contributed by atoms with E-state index in [2.05, 4.69) is 6.58 Å². The summed E-state index contributed by atoms with van der Waals surface area (Å²) in [6, 6.07) is 6.15. The molecule has 0 aliphatic heterocycles. The highest BCUT2D eigenvalue weighted by Crippen LogP contribution is 2.15. The van der Waals surface area contributed by atoms with E-state index in [9.17, 15) is 13.2 Å². The molecule has 0 saturated heterocycles. The van der Waals surface area contributed by atoms with Gasteiger partial charge in [0.15, 0.2) is 6.10 Å². The van der Waals surface area contributed by atoms with Gasteiger partial charge >= 0.3 is 5.97 Å². The number of rotatable bonds is 6. The number of carbonyl (C=O) groups excluding carboxylic acids is 1. The fraction of sp³-hybridized carbons (Fsp3) is 0.308. The second-order valence-corrected chi connectivity index (χ2v) is 5.50. The number of benzene rings is 1. The average molecular weight is 284 g/mol. The van der Waals surface area contributed by atoms with Crippen molar-refractivity contribution in [3.05, 3.63) is 42.5 Å². The Labute approximate surface area is 113 Å². The molecule has 0 aromatic heterocycles. The molecule has 0 amide bonds. The molecule has 0 radical (unpaired) electrons. The van der Waals surface area contributed by atoms with Gasteiger partial charge < -0.3 is 4.74 Å². The molecule has 0 bridgehead atoms. The van der Waals surface area contributed by atoms with Crippen molar-refractivity contribution in [1.82, 2.24) is 0 Å². The van der Waals surface area contributed by atoms with E-state index in [0.717, 1.165) is 5.56 Å². The number of aryl methyl sites for hydroxylation is 1. The third-order valence-corrected chi connectivity index (χ3v) is 3.65. The molecule has 0 aliphatic carbocycles. The van der Waals surface area contributed by atoms with Gasteiger partial charge in [0.2, 0.25) is 0 Å². The summed E-state index contributed by atoms with van der Waals surface area (Å²) in [5.74, 6) is -0.754. The van der Waals surface area contributed by atoms with Crippen molar-refractivity contribution in [2.45, 2.75) is 24.8 Å². The summed E-state index contributed by atoms with van der Waals surface area (Å²) in [5.41, 5.74) is 0.928. The van der Waals surface area contributed by atoms with E-state index in [4.69, 9.17) is 8.92 Å². The average Bonchev–Trinajstić information content (AvgIpc) is 2.35. The summed E-state index contributed by atoms with van der Waals surface area (Å²) in [6.45, 7) is 6.55. The standard InChI is InChI=1S/C13H16O5S/c1-4-9-17-13(14)11(3)18-19(15,16)12-7-5-10(2)6-8-12/h4-8,11H,1,9H2,2-3H3/t11-/m0/s1. The summed E-state index contributed by atoms with van der Waals surface area (Å²) in [5, 5.41) is 0. The van der Waals surface area contributed by atoms with Crippen molar-refractivity contribution in [3.63, 3.8) is 0 Å². The minimum Gasteiger partial charge on any atom is -0.460 e. The van der Waals surface area contributed by atoms with Gasteiger partial charge in [-0.3, -0.25) is 4.18 Å². The van der Waals surface area contributed by atoms with Gasteiger partial charge in [-0.25, -0.2) is 4.79 Å². The molecule has 1 atom stereocenters. The summed E-state index contributed by atoms with van der Waals surface area (Å²) in [7, 11) is -3.97. The van der Waals surface area contributed by atoms with Crippen LogP contribution in [0.3, 0.4) is 0 Å². The SMILES string of the molecule is C=CCOC(=O)[C@H](C)OS(=O)(=O)c1ccc(C)cc1. The Morgan fingerprint density at radius 2 is 1.95 bits per heavy atom. The molecule has 0 aliphatic rings. The van der Waals surface area contributed by atoms with Gasteiger partial charge in [-0.15, -0.1) is 0 Å². The summed E-state index contributed by atoms with van der Waals surface area (Å²) < 4.78 is 33.3. The first kappa shape index (κ1) is 15.4. The van der Waals surface area contributed by atoms with Gasteiger partial charge in [-0.05, 0) is 26.0 Å². The Bertz CT molecular complexity index is 545. The van der Waals surface area contributed by atoms with Gasteiger partial charge in [0.1, 0.15) is 6.61 Å².